The molecule has 1 amide bonds. The van der Waals surface area contributed by atoms with Crippen LogP contribution in [0.2, 0.25) is 0 Å². The first kappa shape index (κ1) is 16.3. The number of nitrogens with two attached hydrogens (primary N) is 1. The Morgan fingerprint density at radius 3 is 2.43 bits per heavy atom. The van der Waals surface area contributed by atoms with Gasteiger partial charge in [0.15, 0.2) is 0 Å². The van der Waals surface area contributed by atoms with Crippen molar-refractivity contribution in [2.45, 2.75) is 43.8 Å². The summed E-state index contributed by atoms with van der Waals surface area (Å²) < 4.78 is 38.5. The molecule has 1 saturated carbocycles. The van der Waals surface area contributed by atoms with Crippen molar-refractivity contribution in [1.82, 2.24) is 0 Å². The van der Waals surface area contributed by atoms with Gasteiger partial charge in [-0.1, -0.05) is 19.3 Å². The number of halogens is 4. The Labute approximate surface area is 129 Å². The van der Waals surface area contributed by atoms with Crippen molar-refractivity contribution >= 4 is 27.5 Å². The molecule has 0 aromatic heterocycles. The molecular weight excluding hydrogens is 349 g/mol. The van der Waals surface area contributed by atoms with Crippen LogP contribution in [0.25, 0.3) is 0 Å². The van der Waals surface area contributed by atoms with E-state index in [-0.39, 0.29) is 5.69 Å². The monoisotopic (exact) mass is 364 g/mol. The quantitative estimate of drug-likeness (QED) is 0.830. The van der Waals surface area contributed by atoms with Gasteiger partial charge in [0.05, 0.1) is 16.8 Å². The summed E-state index contributed by atoms with van der Waals surface area (Å²) in [4.78, 5) is 12.3. The van der Waals surface area contributed by atoms with Crippen LogP contribution in [0.3, 0.4) is 0 Å². The second-order valence-electron chi connectivity index (χ2n) is 5.36. The van der Waals surface area contributed by atoms with Gasteiger partial charge >= 0.3 is 6.18 Å². The number of hydrogen-bond acceptors (Lipinski definition) is 2. The van der Waals surface area contributed by atoms with E-state index in [1.165, 1.54) is 6.07 Å². The summed E-state index contributed by atoms with van der Waals surface area (Å²) in [5, 5.41) is 2.52. The van der Waals surface area contributed by atoms with Crippen molar-refractivity contribution in [2.75, 3.05) is 5.32 Å². The predicted octanol–water partition coefficient (Wildman–Crippen LogP) is 4.07. The van der Waals surface area contributed by atoms with Gasteiger partial charge in [-0.05, 0) is 47.0 Å². The lowest BCUT2D eigenvalue weighted by Crippen LogP contribution is -2.52. The molecule has 1 aliphatic carbocycles. The summed E-state index contributed by atoms with van der Waals surface area (Å²) in [5.41, 5.74) is 4.36. The Hall–Kier alpha value is -1.08. The molecule has 0 radical (unpaired) electrons. The number of amides is 1. The van der Waals surface area contributed by atoms with Gasteiger partial charge in [0.2, 0.25) is 5.91 Å². The Kier molecular flexibility index (Phi) is 4.63. The third kappa shape index (κ3) is 3.77. The number of rotatable bonds is 2. The van der Waals surface area contributed by atoms with Gasteiger partial charge in [0.25, 0.3) is 0 Å². The highest BCUT2D eigenvalue weighted by Gasteiger charge is 2.36. The van der Waals surface area contributed by atoms with Crippen molar-refractivity contribution in [3.8, 4) is 0 Å². The first-order valence-electron chi connectivity index (χ1n) is 6.69. The number of anilines is 1. The molecule has 1 fully saturated rings. The first-order valence-corrected chi connectivity index (χ1v) is 7.49. The van der Waals surface area contributed by atoms with E-state index in [4.69, 9.17) is 5.73 Å². The van der Waals surface area contributed by atoms with Crippen molar-refractivity contribution in [1.29, 1.82) is 0 Å². The Morgan fingerprint density at radius 2 is 1.86 bits per heavy atom. The largest absolute Gasteiger partial charge is 0.416 e. The van der Waals surface area contributed by atoms with Crippen LogP contribution in [0, 0.1) is 0 Å². The first-order chi connectivity index (χ1) is 9.72. The van der Waals surface area contributed by atoms with E-state index < -0.39 is 23.2 Å². The van der Waals surface area contributed by atoms with E-state index in [1.807, 2.05) is 0 Å². The van der Waals surface area contributed by atoms with Crippen molar-refractivity contribution in [2.24, 2.45) is 5.73 Å². The van der Waals surface area contributed by atoms with Gasteiger partial charge in [-0.15, -0.1) is 0 Å². The third-order valence-electron chi connectivity index (χ3n) is 3.74. The summed E-state index contributed by atoms with van der Waals surface area (Å²) in [6, 6.07) is 3.13. The topological polar surface area (TPSA) is 55.1 Å². The molecule has 3 N–H and O–H groups in total. The summed E-state index contributed by atoms with van der Waals surface area (Å²) in [6.45, 7) is 0. The van der Waals surface area contributed by atoms with Crippen LogP contribution in [0.4, 0.5) is 18.9 Å². The molecule has 0 unspecified atom stereocenters. The molecule has 1 aromatic rings. The minimum atomic E-state index is -4.45. The molecule has 0 saturated heterocycles. The molecule has 1 aromatic carbocycles. The highest BCUT2D eigenvalue weighted by molar-refractivity contribution is 9.10. The number of carbonyl (C=O) groups excluding carboxylic acids is 1. The molecule has 0 spiro atoms. The van der Waals surface area contributed by atoms with Crippen LogP contribution in [-0.4, -0.2) is 11.4 Å². The summed E-state index contributed by atoms with van der Waals surface area (Å²) >= 11 is 3.14. The van der Waals surface area contributed by atoms with Gasteiger partial charge in [0, 0.05) is 4.47 Å². The van der Waals surface area contributed by atoms with Gasteiger partial charge in [-0.2, -0.15) is 13.2 Å². The van der Waals surface area contributed by atoms with Crippen molar-refractivity contribution in [3.63, 3.8) is 0 Å². The normalized spacial score (nSPS) is 18.3. The van der Waals surface area contributed by atoms with Crippen LogP contribution in [0.1, 0.15) is 37.7 Å². The molecule has 0 aliphatic heterocycles. The lowest BCUT2D eigenvalue weighted by molar-refractivity contribution is -0.137. The SMILES string of the molecule is NC1(C(=O)Nc2cc(C(F)(F)F)ccc2Br)CCCCC1. The molecule has 21 heavy (non-hydrogen) atoms. The van der Waals surface area contributed by atoms with Crippen LogP contribution in [-0.2, 0) is 11.0 Å². The smallest absolute Gasteiger partial charge is 0.323 e. The number of nitrogens with one attached hydrogen (secondary N) is 1. The second kappa shape index (κ2) is 5.96. The summed E-state index contributed by atoms with van der Waals surface area (Å²) in [6.07, 6.45) is -0.614. The minimum absolute atomic E-state index is 0.0882. The molecule has 3 nitrogen and oxygen atoms in total. The van der Waals surface area contributed by atoms with Crippen LogP contribution in [0.5, 0.6) is 0 Å². The average Bonchev–Trinajstić information content (AvgIpc) is 2.40. The second-order valence-corrected chi connectivity index (χ2v) is 6.22. The van der Waals surface area contributed by atoms with Gasteiger partial charge < -0.3 is 11.1 Å². The van der Waals surface area contributed by atoms with Gasteiger partial charge in [0.1, 0.15) is 0 Å². The molecule has 0 heterocycles. The lowest BCUT2D eigenvalue weighted by Gasteiger charge is -2.32. The van der Waals surface area contributed by atoms with Crippen molar-refractivity contribution < 1.29 is 18.0 Å². The fourth-order valence-corrected chi connectivity index (χ4v) is 2.80. The summed E-state index contributed by atoms with van der Waals surface area (Å²) in [7, 11) is 0. The molecule has 0 atom stereocenters. The highest BCUT2D eigenvalue weighted by atomic mass is 79.9. The van der Waals surface area contributed by atoms with Gasteiger partial charge in [-0.25, -0.2) is 0 Å². The number of carbonyl (C=O) groups is 1. The van der Waals surface area contributed by atoms with E-state index in [1.54, 1.807) is 0 Å². The predicted molar refractivity (Wildman–Crippen MR) is 77.8 cm³/mol. The molecule has 0 bridgehead atoms. The fourth-order valence-electron chi connectivity index (χ4n) is 2.45. The molecular formula is C14H16BrF3N2O. The maximum absolute atomic E-state index is 12.7. The molecule has 2 rings (SSSR count). The highest BCUT2D eigenvalue weighted by Crippen LogP contribution is 2.35. The van der Waals surface area contributed by atoms with E-state index in [9.17, 15) is 18.0 Å². The van der Waals surface area contributed by atoms with Crippen LogP contribution >= 0.6 is 15.9 Å². The number of hydrogen-bond donors (Lipinski definition) is 2. The summed E-state index contributed by atoms with van der Waals surface area (Å²) in [5.74, 6) is -0.428. The molecule has 7 heteroatoms. The van der Waals surface area contributed by atoms with Crippen LogP contribution in [0.15, 0.2) is 22.7 Å². The Morgan fingerprint density at radius 1 is 1.24 bits per heavy atom. The fraction of sp³-hybridized carbons (Fsp3) is 0.500. The Balaban J connectivity index is 2.20. The van der Waals surface area contributed by atoms with E-state index in [2.05, 4.69) is 21.2 Å². The van der Waals surface area contributed by atoms with Crippen molar-refractivity contribution in [3.05, 3.63) is 28.2 Å². The zero-order valence-electron chi connectivity index (χ0n) is 11.3. The third-order valence-corrected chi connectivity index (χ3v) is 4.43. The Bertz CT molecular complexity index is 540. The van der Waals surface area contributed by atoms with E-state index in [0.29, 0.717) is 17.3 Å². The minimum Gasteiger partial charge on any atom is -0.323 e. The van der Waals surface area contributed by atoms with E-state index in [0.717, 1.165) is 31.4 Å². The molecule has 1 aliphatic rings. The van der Waals surface area contributed by atoms with Crippen LogP contribution < -0.4 is 11.1 Å². The average molecular weight is 365 g/mol. The lowest BCUT2D eigenvalue weighted by atomic mass is 9.82. The molecule has 116 valence electrons. The maximum atomic E-state index is 12.7. The van der Waals surface area contributed by atoms with E-state index >= 15 is 0 Å². The standard InChI is InChI=1S/C14H16BrF3N2O/c15-10-5-4-9(14(16,17)18)8-11(10)20-12(21)13(19)6-2-1-3-7-13/h4-5,8H,1-3,6-7,19H2,(H,20,21). The number of benzene rings is 1. The van der Waals surface area contributed by atoms with Gasteiger partial charge in [-0.3, -0.25) is 4.79 Å². The maximum Gasteiger partial charge on any atom is 0.416 e. The zero-order chi connectivity index (χ0) is 15.7. The zero-order valence-corrected chi connectivity index (χ0v) is 12.9. The number of alkyl halides is 3.